The molecule has 1 rings (SSSR count). The van der Waals surface area contributed by atoms with E-state index >= 15 is 0 Å². The Morgan fingerprint density at radius 2 is 2.40 bits per heavy atom. The second-order valence-corrected chi connectivity index (χ2v) is 1.32. The number of nitrogens with one attached hydrogen (secondary N) is 1. The number of carbonyl (C=O) groups excluding carboxylic acids is 1. The van der Waals surface area contributed by atoms with Crippen LogP contribution in [0.3, 0.4) is 0 Å². The molecule has 1 heterocycles. The van der Waals surface area contributed by atoms with Gasteiger partial charge >= 0.3 is 0 Å². The molecule has 0 bridgehead atoms. The van der Waals surface area contributed by atoms with E-state index in [1.165, 1.54) is 6.26 Å². The fraction of sp³-hybridized carbons (Fsp3) is 0.200. The zero-order valence-corrected chi connectivity index (χ0v) is 5.11. The Bertz CT molecular complexity index is 143. The molecular formula is C5H7NO4. The van der Waals surface area contributed by atoms with Crippen molar-refractivity contribution in [2.75, 3.05) is 0 Å². The van der Waals surface area contributed by atoms with E-state index in [0.29, 0.717) is 6.42 Å². The molecule has 5 nitrogen and oxygen atoms in total. The van der Waals surface area contributed by atoms with Crippen LogP contribution in [0.2, 0.25) is 0 Å². The first-order chi connectivity index (χ1) is 4.81. The molecule has 0 radical (unpaired) electrons. The lowest BCUT2D eigenvalue weighted by molar-refractivity contribution is -0.130. The molecular weight excluding hydrogens is 138 g/mol. The van der Waals surface area contributed by atoms with Gasteiger partial charge in [-0.05, 0) is 6.08 Å². The number of carboxylic acid groups (broad SMARTS) is 1. The van der Waals surface area contributed by atoms with Gasteiger partial charge in [-0.2, -0.15) is 5.48 Å². The minimum absolute atomic E-state index is 0.0949. The van der Waals surface area contributed by atoms with Crippen LogP contribution in [0.5, 0.6) is 0 Å². The third-order valence-electron chi connectivity index (χ3n) is 0.640. The fourth-order valence-corrected chi connectivity index (χ4v) is 0.345. The van der Waals surface area contributed by atoms with Crippen molar-refractivity contribution in [3.8, 4) is 0 Å². The van der Waals surface area contributed by atoms with E-state index in [-0.39, 0.29) is 12.4 Å². The minimum Gasteiger partial charge on any atom is -0.483 e. The number of carbonyl (C=O) groups is 2. The average molecular weight is 145 g/mol. The van der Waals surface area contributed by atoms with Crippen LogP contribution in [0.25, 0.3) is 0 Å². The highest BCUT2D eigenvalue weighted by Crippen LogP contribution is 1.88. The molecule has 2 N–H and O–H groups in total. The topological polar surface area (TPSA) is 75.6 Å². The molecule has 0 saturated carbocycles. The molecule has 0 spiro atoms. The number of hydroxylamine groups is 1. The molecule has 0 fully saturated rings. The van der Waals surface area contributed by atoms with Gasteiger partial charge in [0.25, 0.3) is 12.4 Å². The molecule has 1 amide bonds. The Balaban J connectivity index is 0.000000236. The maximum absolute atomic E-state index is 10.2. The molecule has 1 aliphatic heterocycles. The van der Waals surface area contributed by atoms with Gasteiger partial charge in [0.15, 0.2) is 0 Å². The van der Waals surface area contributed by atoms with Gasteiger partial charge in [0.1, 0.15) is 6.26 Å². The predicted molar refractivity (Wildman–Crippen MR) is 31.7 cm³/mol. The van der Waals surface area contributed by atoms with Crippen molar-refractivity contribution in [2.24, 2.45) is 0 Å². The average Bonchev–Trinajstić information content (AvgIpc) is 1.91. The SMILES string of the molecule is O=C1CC=CON1.O=CO. The van der Waals surface area contributed by atoms with Gasteiger partial charge in [-0.15, -0.1) is 0 Å². The van der Waals surface area contributed by atoms with Gasteiger partial charge in [0, 0.05) is 0 Å². The van der Waals surface area contributed by atoms with Crippen molar-refractivity contribution in [2.45, 2.75) is 6.42 Å². The van der Waals surface area contributed by atoms with Gasteiger partial charge in [0.05, 0.1) is 6.42 Å². The number of amides is 1. The molecule has 0 atom stereocenters. The van der Waals surface area contributed by atoms with Crippen LogP contribution in [0.1, 0.15) is 6.42 Å². The summed E-state index contributed by atoms with van der Waals surface area (Å²) in [5.41, 5.74) is 2.16. The summed E-state index contributed by atoms with van der Waals surface area (Å²) in [6, 6.07) is 0. The van der Waals surface area contributed by atoms with E-state index in [2.05, 4.69) is 10.3 Å². The van der Waals surface area contributed by atoms with Crippen LogP contribution in [0.15, 0.2) is 12.3 Å². The highest BCUT2D eigenvalue weighted by atomic mass is 16.6. The highest BCUT2D eigenvalue weighted by Gasteiger charge is 1.98. The van der Waals surface area contributed by atoms with E-state index in [1.807, 2.05) is 0 Å². The van der Waals surface area contributed by atoms with Gasteiger partial charge in [-0.3, -0.25) is 9.59 Å². The zero-order valence-electron chi connectivity index (χ0n) is 5.11. The lowest BCUT2D eigenvalue weighted by atomic mass is 10.4. The Hall–Kier alpha value is -1.52. The molecule has 10 heavy (non-hydrogen) atoms. The van der Waals surface area contributed by atoms with Crippen molar-refractivity contribution in [3.63, 3.8) is 0 Å². The summed E-state index contributed by atoms with van der Waals surface area (Å²) in [4.78, 5) is 22.9. The molecule has 0 aromatic heterocycles. The number of rotatable bonds is 0. The van der Waals surface area contributed by atoms with Crippen molar-refractivity contribution in [1.82, 2.24) is 5.48 Å². The quantitative estimate of drug-likeness (QED) is 0.457. The van der Waals surface area contributed by atoms with Gasteiger partial charge in [0.2, 0.25) is 0 Å². The summed E-state index contributed by atoms with van der Waals surface area (Å²) in [6.07, 6.45) is 3.53. The summed E-state index contributed by atoms with van der Waals surface area (Å²) < 4.78 is 0. The normalized spacial score (nSPS) is 13.8. The Kier molecular flexibility index (Phi) is 4.76. The van der Waals surface area contributed by atoms with Gasteiger partial charge in [-0.1, -0.05) is 0 Å². The molecule has 56 valence electrons. The molecule has 0 aliphatic carbocycles. The van der Waals surface area contributed by atoms with Crippen molar-refractivity contribution < 1.29 is 19.5 Å². The standard InChI is InChI=1S/C4H5NO2.CH2O2/c6-4-2-1-3-7-5-4;2-1-3/h1,3H,2H2,(H,5,6);1H,(H,2,3). The fourth-order valence-electron chi connectivity index (χ4n) is 0.345. The maximum Gasteiger partial charge on any atom is 0.290 e. The van der Waals surface area contributed by atoms with E-state index in [9.17, 15) is 4.79 Å². The first kappa shape index (κ1) is 8.48. The number of hydrogen-bond acceptors (Lipinski definition) is 3. The zero-order chi connectivity index (χ0) is 7.82. The third-order valence-corrected chi connectivity index (χ3v) is 0.640. The van der Waals surface area contributed by atoms with Crippen LogP contribution in [-0.2, 0) is 14.4 Å². The largest absolute Gasteiger partial charge is 0.483 e. The first-order valence-electron chi connectivity index (χ1n) is 2.48. The molecule has 5 heteroatoms. The van der Waals surface area contributed by atoms with Crippen molar-refractivity contribution in [1.29, 1.82) is 0 Å². The van der Waals surface area contributed by atoms with Crippen molar-refractivity contribution >= 4 is 12.4 Å². The lowest BCUT2D eigenvalue weighted by Gasteiger charge is -2.03. The monoisotopic (exact) mass is 145 g/mol. The van der Waals surface area contributed by atoms with E-state index < -0.39 is 0 Å². The minimum atomic E-state index is -0.250. The molecule has 0 saturated heterocycles. The first-order valence-corrected chi connectivity index (χ1v) is 2.48. The summed E-state index contributed by atoms with van der Waals surface area (Å²) in [7, 11) is 0. The third kappa shape index (κ3) is 4.63. The molecule has 0 aromatic rings. The summed E-state index contributed by atoms with van der Waals surface area (Å²) in [6.45, 7) is -0.250. The van der Waals surface area contributed by atoms with Crippen LogP contribution in [-0.4, -0.2) is 17.5 Å². The molecule has 0 aromatic carbocycles. The van der Waals surface area contributed by atoms with Crippen LogP contribution in [0.4, 0.5) is 0 Å². The van der Waals surface area contributed by atoms with Crippen LogP contribution < -0.4 is 5.48 Å². The van der Waals surface area contributed by atoms with E-state index in [0.717, 1.165) is 0 Å². The Labute approximate surface area is 57.2 Å². The van der Waals surface area contributed by atoms with Crippen LogP contribution in [0, 0.1) is 0 Å². The summed E-state index contributed by atoms with van der Waals surface area (Å²) in [5, 5.41) is 6.89. The van der Waals surface area contributed by atoms with E-state index in [1.54, 1.807) is 6.08 Å². The summed E-state index contributed by atoms with van der Waals surface area (Å²) in [5.74, 6) is -0.0949. The number of hydrogen-bond donors (Lipinski definition) is 2. The van der Waals surface area contributed by atoms with Crippen LogP contribution >= 0.6 is 0 Å². The predicted octanol–water partition coefficient (Wildman–Crippen LogP) is -0.348. The Morgan fingerprint density at radius 1 is 1.80 bits per heavy atom. The van der Waals surface area contributed by atoms with E-state index in [4.69, 9.17) is 9.90 Å². The smallest absolute Gasteiger partial charge is 0.290 e. The summed E-state index contributed by atoms with van der Waals surface area (Å²) >= 11 is 0. The highest BCUT2D eigenvalue weighted by molar-refractivity contribution is 5.76. The van der Waals surface area contributed by atoms with Gasteiger partial charge in [-0.25, -0.2) is 0 Å². The second kappa shape index (κ2) is 5.61. The maximum atomic E-state index is 10.2. The van der Waals surface area contributed by atoms with Crippen molar-refractivity contribution in [3.05, 3.63) is 12.3 Å². The van der Waals surface area contributed by atoms with Gasteiger partial charge < -0.3 is 9.94 Å². The lowest BCUT2D eigenvalue weighted by Crippen LogP contribution is -2.22. The molecule has 1 aliphatic rings. The molecule has 0 unspecified atom stereocenters. The Morgan fingerprint density at radius 3 is 2.60 bits per heavy atom. The second-order valence-electron chi connectivity index (χ2n) is 1.32.